The smallest absolute Gasteiger partial charge is 0.249 e. The monoisotopic (exact) mass is 595 g/mol. The lowest BCUT2D eigenvalue weighted by atomic mass is 9.81. The zero-order valence-electron chi connectivity index (χ0n) is 23.1. The number of carbonyl (C=O) groups is 1. The van der Waals surface area contributed by atoms with Gasteiger partial charge in [-0.3, -0.25) is 4.79 Å². The topological polar surface area (TPSA) is 309 Å². The number of carbonyl (C=O) groups excluding carboxylic acids is 1. The Morgan fingerprint density at radius 2 is 1.68 bits per heavy atom. The van der Waals surface area contributed by atoms with Crippen molar-refractivity contribution in [2.24, 2.45) is 28.7 Å². The van der Waals surface area contributed by atoms with Gasteiger partial charge in [0.15, 0.2) is 12.6 Å². The van der Waals surface area contributed by atoms with Gasteiger partial charge in [0.1, 0.15) is 24.4 Å². The molecule has 0 aromatic carbocycles. The molecule has 2 saturated heterocycles. The molecular weight excluding hydrogens is 546 g/mol. The number of nitrogens with one attached hydrogen (secondary N) is 2. The Kier molecular flexibility index (Phi) is 13.5. The van der Waals surface area contributed by atoms with E-state index < -0.39 is 91.9 Å². The molecular formula is C24H49N7O10. The second kappa shape index (κ2) is 16.1. The van der Waals surface area contributed by atoms with Gasteiger partial charge in [-0.15, -0.1) is 0 Å². The Bertz CT molecular complexity index is 804. The van der Waals surface area contributed by atoms with Crippen LogP contribution >= 0.6 is 0 Å². The van der Waals surface area contributed by atoms with Gasteiger partial charge in [0.05, 0.1) is 55.7 Å². The van der Waals surface area contributed by atoms with E-state index in [1.54, 1.807) is 0 Å². The first-order valence-electron chi connectivity index (χ1n) is 14.1. The normalized spacial score (nSPS) is 42.5. The maximum Gasteiger partial charge on any atom is 0.249 e. The molecule has 14 atom stereocenters. The first-order chi connectivity index (χ1) is 19.6. The van der Waals surface area contributed by atoms with Crippen molar-refractivity contribution < 1.29 is 49.3 Å². The molecule has 6 unspecified atom stereocenters. The maximum absolute atomic E-state index is 12.8. The SMILES string of the molecule is NCC[C@H](O)C(=O)N[C@@H]1C[C@H](N)C(O[C@H]2OC(CN)CCC2N)C(NCCO)[C@H]1O[C@H]1OC(CO)[C@@H](O)[C@H](N)C1O. The van der Waals surface area contributed by atoms with Crippen LogP contribution < -0.4 is 39.3 Å². The fraction of sp³-hybridized carbons (Fsp3) is 0.958. The van der Waals surface area contributed by atoms with Gasteiger partial charge in [-0.05, 0) is 32.2 Å². The third kappa shape index (κ3) is 8.49. The van der Waals surface area contributed by atoms with Crippen molar-refractivity contribution in [2.45, 2.75) is 111 Å². The van der Waals surface area contributed by atoms with E-state index in [1.807, 2.05) is 0 Å². The minimum absolute atomic E-state index is 0.0165. The average Bonchev–Trinajstić information content (AvgIpc) is 2.95. The van der Waals surface area contributed by atoms with E-state index >= 15 is 0 Å². The molecule has 240 valence electrons. The molecule has 1 saturated carbocycles. The minimum Gasteiger partial charge on any atom is -0.395 e. The zero-order valence-corrected chi connectivity index (χ0v) is 23.1. The van der Waals surface area contributed by atoms with Crippen molar-refractivity contribution in [1.82, 2.24) is 10.6 Å². The Morgan fingerprint density at radius 3 is 2.32 bits per heavy atom. The highest BCUT2D eigenvalue weighted by atomic mass is 16.7. The van der Waals surface area contributed by atoms with Crippen molar-refractivity contribution in [3.8, 4) is 0 Å². The van der Waals surface area contributed by atoms with E-state index in [1.165, 1.54) is 0 Å². The van der Waals surface area contributed by atoms with Gasteiger partial charge in [-0.1, -0.05) is 0 Å². The Hall–Kier alpha value is -1.13. The van der Waals surface area contributed by atoms with Crippen LogP contribution in [0.3, 0.4) is 0 Å². The van der Waals surface area contributed by atoms with Crippen molar-refractivity contribution >= 4 is 5.91 Å². The van der Waals surface area contributed by atoms with Crippen molar-refractivity contribution in [1.29, 1.82) is 0 Å². The summed E-state index contributed by atoms with van der Waals surface area (Å²) < 4.78 is 24.2. The summed E-state index contributed by atoms with van der Waals surface area (Å²) in [7, 11) is 0. The average molecular weight is 596 g/mol. The predicted molar refractivity (Wildman–Crippen MR) is 143 cm³/mol. The Balaban J connectivity index is 1.92. The summed E-state index contributed by atoms with van der Waals surface area (Å²) in [5, 5.41) is 56.5. The first-order valence-corrected chi connectivity index (χ1v) is 14.1. The lowest BCUT2D eigenvalue weighted by Crippen LogP contribution is -2.71. The molecule has 0 bridgehead atoms. The molecule has 0 aromatic heterocycles. The van der Waals surface area contributed by atoms with Crippen LogP contribution in [0.4, 0.5) is 0 Å². The van der Waals surface area contributed by atoms with Gasteiger partial charge in [0.25, 0.3) is 0 Å². The molecule has 3 fully saturated rings. The van der Waals surface area contributed by atoms with Crippen LogP contribution in [0.15, 0.2) is 0 Å². The third-order valence-electron chi connectivity index (χ3n) is 7.90. The van der Waals surface area contributed by atoms with Gasteiger partial charge >= 0.3 is 0 Å². The van der Waals surface area contributed by atoms with Crippen molar-refractivity contribution in [3.63, 3.8) is 0 Å². The van der Waals surface area contributed by atoms with Gasteiger partial charge in [0, 0.05) is 19.1 Å². The number of aliphatic hydroxyl groups excluding tert-OH is 5. The van der Waals surface area contributed by atoms with Crippen LogP contribution in [0.1, 0.15) is 25.7 Å². The number of amides is 1. The molecule has 1 amide bonds. The second-order valence-electron chi connectivity index (χ2n) is 10.9. The molecule has 41 heavy (non-hydrogen) atoms. The lowest BCUT2D eigenvalue weighted by molar-refractivity contribution is -0.303. The van der Waals surface area contributed by atoms with E-state index in [9.17, 15) is 30.3 Å². The molecule has 3 aliphatic rings. The molecule has 2 aliphatic heterocycles. The molecule has 0 spiro atoms. The molecule has 17 nitrogen and oxygen atoms in total. The largest absolute Gasteiger partial charge is 0.395 e. The van der Waals surface area contributed by atoms with Gasteiger partial charge in [0.2, 0.25) is 5.91 Å². The molecule has 1 aliphatic carbocycles. The summed E-state index contributed by atoms with van der Waals surface area (Å²) in [6, 6.07) is -4.11. The predicted octanol–water partition coefficient (Wildman–Crippen LogP) is -6.81. The number of aliphatic hydroxyl groups is 5. The van der Waals surface area contributed by atoms with E-state index in [2.05, 4.69) is 10.6 Å². The van der Waals surface area contributed by atoms with E-state index in [-0.39, 0.29) is 45.2 Å². The van der Waals surface area contributed by atoms with Crippen LogP contribution in [-0.4, -0.2) is 150 Å². The van der Waals surface area contributed by atoms with Crippen molar-refractivity contribution in [2.75, 3.05) is 32.8 Å². The van der Waals surface area contributed by atoms with Crippen LogP contribution in [-0.2, 0) is 23.7 Å². The molecule has 17 heteroatoms. The quantitative estimate of drug-likeness (QED) is 0.0941. The molecule has 0 radical (unpaired) electrons. The van der Waals surface area contributed by atoms with E-state index in [0.29, 0.717) is 12.8 Å². The maximum atomic E-state index is 12.8. The zero-order chi connectivity index (χ0) is 30.3. The van der Waals surface area contributed by atoms with E-state index in [4.69, 9.17) is 47.6 Å². The molecule has 2 heterocycles. The number of nitrogens with two attached hydrogens (primary N) is 5. The highest BCUT2D eigenvalue weighted by molar-refractivity contribution is 5.80. The van der Waals surface area contributed by atoms with Crippen LogP contribution in [0.25, 0.3) is 0 Å². The van der Waals surface area contributed by atoms with Crippen LogP contribution in [0.2, 0.25) is 0 Å². The summed E-state index contributed by atoms with van der Waals surface area (Å²) >= 11 is 0. The number of hydrogen-bond donors (Lipinski definition) is 12. The Labute approximate surface area is 239 Å². The Morgan fingerprint density at radius 1 is 0.976 bits per heavy atom. The lowest BCUT2D eigenvalue weighted by Gasteiger charge is -2.50. The minimum atomic E-state index is -1.51. The molecule has 3 rings (SSSR count). The number of rotatable bonds is 13. The van der Waals surface area contributed by atoms with Gasteiger partial charge < -0.3 is 83.8 Å². The summed E-state index contributed by atoms with van der Waals surface area (Å²) in [6.45, 7) is -0.443. The summed E-state index contributed by atoms with van der Waals surface area (Å²) in [6.07, 6.45) is -8.49. The van der Waals surface area contributed by atoms with Crippen LogP contribution in [0.5, 0.6) is 0 Å². The molecule has 17 N–H and O–H groups in total. The second-order valence-corrected chi connectivity index (χ2v) is 10.9. The highest BCUT2D eigenvalue weighted by Crippen LogP contribution is 2.31. The number of hydrogen-bond acceptors (Lipinski definition) is 16. The fourth-order valence-corrected chi connectivity index (χ4v) is 5.52. The standard InChI is InChI=1S/C24H49N7O10/c25-4-3-14(34)22(37)31-13-7-12(28)20(40-23-11(27)2-1-10(8-26)38-23)17(30-5-6-32)21(13)41-24-19(36)16(29)18(35)15(9-33)39-24/h10-21,23-24,30,32-36H,1-9,25-29H2,(H,31,37)/t10?,11?,12-,13+,14-,15?,16-,17?,18+,19?,20?,21-,23+,24+/m0/s1. The number of ether oxygens (including phenoxy) is 4. The van der Waals surface area contributed by atoms with Crippen molar-refractivity contribution in [3.05, 3.63) is 0 Å². The fourth-order valence-electron chi connectivity index (χ4n) is 5.52. The summed E-state index contributed by atoms with van der Waals surface area (Å²) in [5.74, 6) is -0.713. The summed E-state index contributed by atoms with van der Waals surface area (Å²) in [5.41, 5.74) is 30.1. The summed E-state index contributed by atoms with van der Waals surface area (Å²) in [4.78, 5) is 12.8. The highest BCUT2D eigenvalue weighted by Gasteiger charge is 2.51. The van der Waals surface area contributed by atoms with E-state index in [0.717, 1.165) is 0 Å². The van der Waals surface area contributed by atoms with Gasteiger partial charge in [-0.25, -0.2) is 0 Å². The first kappa shape index (κ1) is 34.4. The van der Waals surface area contributed by atoms with Gasteiger partial charge in [-0.2, -0.15) is 0 Å². The van der Waals surface area contributed by atoms with Crippen LogP contribution in [0, 0.1) is 0 Å². The third-order valence-corrected chi connectivity index (χ3v) is 7.90. The molecule has 0 aromatic rings.